The van der Waals surface area contributed by atoms with E-state index in [2.05, 4.69) is 40.0 Å². The first-order valence-corrected chi connectivity index (χ1v) is 13.2. The Morgan fingerprint density at radius 1 is 0.973 bits per heavy atom. The van der Waals surface area contributed by atoms with Crippen molar-refractivity contribution in [1.29, 1.82) is 0 Å². The number of carbonyl (C=O) groups excluding carboxylic acids is 1. The molecular formula is C30H36N4O3. The Hall–Kier alpha value is -3.58. The Kier molecular flexibility index (Phi) is 7.90. The fourth-order valence-corrected chi connectivity index (χ4v) is 5.12. The minimum absolute atomic E-state index is 0.0799. The van der Waals surface area contributed by atoms with Crippen LogP contribution in [0, 0.1) is 0 Å². The molecule has 1 saturated carbocycles. The number of amides is 1. The number of pyridine rings is 1. The van der Waals surface area contributed by atoms with E-state index in [0.717, 1.165) is 67.5 Å². The van der Waals surface area contributed by atoms with Gasteiger partial charge in [-0.25, -0.2) is 0 Å². The molecule has 7 heteroatoms. The Morgan fingerprint density at radius 2 is 1.76 bits per heavy atom. The molecule has 1 saturated heterocycles. The van der Waals surface area contributed by atoms with Crippen LogP contribution < -0.4 is 14.4 Å². The molecule has 1 amide bonds. The highest BCUT2D eigenvalue weighted by molar-refractivity contribution is 5.95. The number of piperazine rings is 1. The van der Waals surface area contributed by atoms with E-state index >= 15 is 0 Å². The van der Waals surface area contributed by atoms with E-state index in [9.17, 15) is 4.79 Å². The third-order valence-electron chi connectivity index (χ3n) is 7.31. The molecule has 0 spiro atoms. The van der Waals surface area contributed by atoms with E-state index in [-0.39, 0.29) is 12.0 Å². The Balaban J connectivity index is 1.48. The molecule has 0 radical (unpaired) electrons. The van der Waals surface area contributed by atoms with Gasteiger partial charge in [-0.2, -0.15) is 0 Å². The highest BCUT2D eigenvalue weighted by Gasteiger charge is 2.23. The lowest BCUT2D eigenvalue weighted by Gasteiger charge is -2.33. The maximum atomic E-state index is 13.3. The van der Waals surface area contributed by atoms with Crippen molar-refractivity contribution >= 4 is 17.3 Å². The SMILES string of the molecule is COc1ccc(N(Cc2cccnc2)c2cccc(C(=O)N3CCN(C)CC3)c2)cc1OC1CCCC1. The number of methoxy groups -OCH3 is 1. The van der Waals surface area contributed by atoms with Gasteiger partial charge >= 0.3 is 0 Å². The van der Waals surface area contributed by atoms with Gasteiger partial charge < -0.3 is 24.2 Å². The van der Waals surface area contributed by atoms with E-state index in [1.807, 2.05) is 47.5 Å². The maximum absolute atomic E-state index is 13.3. The van der Waals surface area contributed by atoms with E-state index in [4.69, 9.17) is 9.47 Å². The van der Waals surface area contributed by atoms with Crippen molar-refractivity contribution in [2.24, 2.45) is 0 Å². The van der Waals surface area contributed by atoms with Gasteiger partial charge in [-0.3, -0.25) is 9.78 Å². The van der Waals surface area contributed by atoms with Gasteiger partial charge in [0.05, 0.1) is 13.2 Å². The van der Waals surface area contributed by atoms with Gasteiger partial charge in [-0.15, -0.1) is 0 Å². The van der Waals surface area contributed by atoms with Crippen molar-refractivity contribution in [3.05, 3.63) is 78.1 Å². The van der Waals surface area contributed by atoms with Crippen LogP contribution >= 0.6 is 0 Å². The quantitative estimate of drug-likeness (QED) is 0.427. The highest BCUT2D eigenvalue weighted by atomic mass is 16.5. The van der Waals surface area contributed by atoms with Gasteiger partial charge in [0.2, 0.25) is 0 Å². The number of nitrogens with zero attached hydrogens (tertiary/aromatic N) is 4. The summed E-state index contributed by atoms with van der Waals surface area (Å²) >= 11 is 0. The van der Waals surface area contributed by atoms with Gasteiger partial charge in [0, 0.05) is 68.1 Å². The van der Waals surface area contributed by atoms with Crippen molar-refractivity contribution in [3.63, 3.8) is 0 Å². The van der Waals surface area contributed by atoms with Crippen LogP contribution in [0.1, 0.15) is 41.6 Å². The Morgan fingerprint density at radius 3 is 2.49 bits per heavy atom. The minimum atomic E-state index is 0.0799. The summed E-state index contributed by atoms with van der Waals surface area (Å²) in [5.74, 6) is 1.57. The Labute approximate surface area is 219 Å². The van der Waals surface area contributed by atoms with E-state index in [1.54, 1.807) is 13.3 Å². The lowest BCUT2D eigenvalue weighted by Crippen LogP contribution is -2.47. The molecule has 1 aliphatic carbocycles. The van der Waals surface area contributed by atoms with Crippen molar-refractivity contribution in [2.45, 2.75) is 38.3 Å². The molecule has 194 valence electrons. The predicted molar refractivity (Wildman–Crippen MR) is 146 cm³/mol. The van der Waals surface area contributed by atoms with Crippen LogP contribution in [0.15, 0.2) is 67.0 Å². The molecule has 1 aliphatic heterocycles. The molecule has 1 aromatic heterocycles. The number of aromatic nitrogens is 1. The van der Waals surface area contributed by atoms with E-state index in [0.29, 0.717) is 12.1 Å². The van der Waals surface area contributed by atoms with Crippen molar-refractivity contribution in [1.82, 2.24) is 14.8 Å². The molecule has 5 rings (SSSR count). The largest absolute Gasteiger partial charge is 0.493 e. The summed E-state index contributed by atoms with van der Waals surface area (Å²) in [6.07, 6.45) is 8.44. The van der Waals surface area contributed by atoms with Crippen LogP contribution in [0.25, 0.3) is 0 Å². The van der Waals surface area contributed by atoms with Crippen molar-refractivity contribution < 1.29 is 14.3 Å². The average Bonchev–Trinajstić information content (AvgIpc) is 3.45. The topological polar surface area (TPSA) is 58.1 Å². The lowest BCUT2D eigenvalue weighted by atomic mass is 10.1. The normalized spacial score (nSPS) is 16.5. The molecule has 0 unspecified atom stereocenters. The fraction of sp³-hybridized carbons (Fsp3) is 0.400. The standard InChI is InChI=1S/C30H36N4O3/c1-32-15-17-33(18-16-32)30(35)24-8-5-9-25(19-24)34(22-23-7-6-14-31-21-23)26-12-13-28(36-2)29(20-26)37-27-10-3-4-11-27/h5-9,12-14,19-21,27H,3-4,10-11,15-18,22H2,1-2H3. The number of likely N-dealkylation sites (N-methyl/N-ethyl adjacent to an activating group) is 1. The molecule has 2 heterocycles. The zero-order chi connectivity index (χ0) is 25.6. The van der Waals surface area contributed by atoms with Crippen LogP contribution in [-0.4, -0.2) is 67.1 Å². The van der Waals surface area contributed by atoms with E-state index < -0.39 is 0 Å². The molecule has 0 atom stereocenters. The van der Waals surface area contributed by atoms with Crippen LogP contribution in [-0.2, 0) is 6.54 Å². The monoisotopic (exact) mass is 500 g/mol. The molecule has 0 bridgehead atoms. The van der Waals surface area contributed by atoms with Gasteiger partial charge in [-0.1, -0.05) is 12.1 Å². The number of hydrogen-bond acceptors (Lipinski definition) is 6. The Bertz CT molecular complexity index is 1190. The average molecular weight is 501 g/mol. The van der Waals surface area contributed by atoms with Gasteiger partial charge in [0.25, 0.3) is 5.91 Å². The molecule has 2 aromatic carbocycles. The second kappa shape index (κ2) is 11.6. The number of carbonyl (C=O) groups is 1. The van der Waals surface area contributed by atoms with Gasteiger partial charge in [0.1, 0.15) is 0 Å². The number of hydrogen-bond donors (Lipinski definition) is 0. The third-order valence-corrected chi connectivity index (χ3v) is 7.31. The molecule has 2 aliphatic rings. The predicted octanol–water partition coefficient (Wildman–Crippen LogP) is 5.14. The zero-order valence-corrected chi connectivity index (χ0v) is 21.8. The number of benzene rings is 2. The minimum Gasteiger partial charge on any atom is -0.493 e. The molecular weight excluding hydrogens is 464 g/mol. The summed E-state index contributed by atoms with van der Waals surface area (Å²) < 4.78 is 12.0. The molecule has 0 N–H and O–H groups in total. The van der Waals surface area contributed by atoms with Crippen LogP contribution in [0.5, 0.6) is 11.5 Å². The smallest absolute Gasteiger partial charge is 0.254 e. The third kappa shape index (κ3) is 6.05. The second-order valence-electron chi connectivity index (χ2n) is 9.95. The van der Waals surface area contributed by atoms with Crippen LogP contribution in [0.4, 0.5) is 11.4 Å². The fourth-order valence-electron chi connectivity index (χ4n) is 5.12. The summed E-state index contributed by atoms with van der Waals surface area (Å²) in [5.41, 5.74) is 3.70. The number of anilines is 2. The molecule has 7 nitrogen and oxygen atoms in total. The first-order chi connectivity index (χ1) is 18.1. The molecule has 37 heavy (non-hydrogen) atoms. The highest BCUT2D eigenvalue weighted by Crippen LogP contribution is 2.38. The van der Waals surface area contributed by atoms with E-state index in [1.165, 1.54) is 12.8 Å². The first-order valence-electron chi connectivity index (χ1n) is 13.2. The summed E-state index contributed by atoms with van der Waals surface area (Å²) in [7, 11) is 3.77. The van der Waals surface area contributed by atoms with Gasteiger partial charge in [0.15, 0.2) is 11.5 Å². The summed E-state index contributed by atoms with van der Waals surface area (Å²) in [6.45, 7) is 3.90. The van der Waals surface area contributed by atoms with Crippen molar-refractivity contribution in [3.8, 4) is 11.5 Å². The van der Waals surface area contributed by atoms with Crippen LogP contribution in [0.2, 0.25) is 0 Å². The van der Waals surface area contributed by atoms with Gasteiger partial charge in [-0.05, 0) is 74.7 Å². The summed E-state index contributed by atoms with van der Waals surface area (Å²) in [6, 6.07) is 18.0. The molecule has 2 fully saturated rings. The maximum Gasteiger partial charge on any atom is 0.254 e. The summed E-state index contributed by atoms with van der Waals surface area (Å²) in [5, 5.41) is 0. The van der Waals surface area contributed by atoms with Crippen LogP contribution in [0.3, 0.4) is 0 Å². The molecule has 3 aromatic rings. The second-order valence-corrected chi connectivity index (χ2v) is 9.95. The number of ether oxygens (including phenoxy) is 2. The van der Waals surface area contributed by atoms with Crippen molar-refractivity contribution in [2.75, 3.05) is 45.2 Å². The lowest BCUT2D eigenvalue weighted by molar-refractivity contribution is 0.0664. The first kappa shape index (κ1) is 25.1. The zero-order valence-electron chi connectivity index (χ0n) is 21.8. The summed E-state index contributed by atoms with van der Waals surface area (Å²) in [4.78, 5) is 24.1. The number of rotatable bonds is 8.